The van der Waals surface area contributed by atoms with Crippen molar-refractivity contribution in [2.24, 2.45) is 0 Å². The van der Waals surface area contributed by atoms with E-state index in [1.54, 1.807) is 0 Å². The molecule has 0 saturated carbocycles. The average Bonchev–Trinajstić information content (AvgIpc) is 1.89. The highest BCUT2D eigenvalue weighted by Gasteiger charge is 2.13. The van der Waals surface area contributed by atoms with Gasteiger partial charge >= 0.3 is 0 Å². The SMILES string of the molecule is Clc1c2cccc1N2. The summed E-state index contributed by atoms with van der Waals surface area (Å²) in [5.74, 6) is 0. The molecule has 0 amide bonds. The molecule has 3 rings (SSSR count). The van der Waals surface area contributed by atoms with Gasteiger partial charge in [0.2, 0.25) is 0 Å². The van der Waals surface area contributed by atoms with Gasteiger partial charge in [-0.25, -0.2) is 0 Å². The fourth-order valence-electron chi connectivity index (χ4n) is 0.808. The topological polar surface area (TPSA) is 12.0 Å². The van der Waals surface area contributed by atoms with Crippen molar-refractivity contribution in [3.8, 4) is 0 Å². The normalized spacial score (nSPS) is 12.1. The fraction of sp³-hybridized carbons (Fsp3) is 0. The van der Waals surface area contributed by atoms with E-state index in [1.165, 1.54) is 0 Å². The standard InChI is InChI=1S/C6H4ClN/c7-6-4-2-1-3-5(6)8-4/h1-3,8H. The molecule has 2 aliphatic heterocycles. The first kappa shape index (κ1) is 4.21. The Bertz CT molecular complexity index is 212. The zero-order chi connectivity index (χ0) is 5.56. The van der Waals surface area contributed by atoms with Crippen molar-refractivity contribution in [2.45, 2.75) is 0 Å². The summed E-state index contributed by atoms with van der Waals surface area (Å²) in [5, 5.41) is 3.92. The molecule has 2 heterocycles. The van der Waals surface area contributed by atoms with Gasteiger partial charge in [-0.3, -0.25) is 0 Å². The quantitative estimate of drug-likeness (QED) is 0.570. The minimum atomic E-state index is 0.868. The van der Waals surface area contributed by atoms with Gasteiger partial charge in [-0.1, -0.05) is 17.7 Å². The molecule has 1 nitrogen and oxygen atoms in total. The van der Waals surface area contributed by atoms with E-state index in [9.17, 15) is 0 Å². The molecular formula is C6H4ClN. The van der Waals surface area contributed by atoms with Crippen LogP contribution in [0.3, 0.4) is 0 Å². The maximum absolute atomic E-state index is 5.71. The predicted molar refractivity (Wildman–Crippen MR) is 34.7 cm³/mol. The van der Waals surface area contributed by atoms with Crippen LogP contribution < -0.4 is 5.32 Å². The number of benzene rings is 1. The van der Waals surface area contributed by atoms with Crippen LogP contribution in [-0.2, 0) is 0 Å². The van der Waals surface area contributed by atoms with E-state index >= 15 is 0 Å². The Balaban J connectivity index is 2.75. The van der Waals surface area contributed by atoms with Gasteiger partial charge in [0, 0.05) is 0 Å². The molecule has 0 spiro atoms. The zero-order valence-electron chi connectivity index (χ0n) is 4.11. The van der Waals surface area contributed by atoms with Gasteiger partial charge in [0.15, 0.2) is 0 Å². The maximum atomic E-state index is 5.71. The van der Waals surface area contributed by atoms with E-state index in [1.807, 2.05) is 18.2 Å². The number of anilines is 2. The largest absolute Gasteiger partial charge is 0.353 e. The van der Waals surface area contributed by atoms with Crippen LogP contribution in [0.25, 0.3) is 0 Å². The van der Waals surface area contributed by atoms with Crippen LogP contribution in [0.15, 0.2) is 18.2 Å². The predicted octanol–water partition coefficient (Wildman–Crippen LogP) is 2.40. The van der Waals surface area contributed by atoms with E-state index in [4.69, 9.17) is 11.6 Å². The second-order valence-electron chi connectivity index (χ2n) is 1.79. The second kappa shape index (κ2) is 1.17. The molecule has 0 saturated heterocycles. The fourth-order valence-corrected chi connectivity index (χ4v) is 1.03. The molecule has 2 aliphatic rings. The van der Waals surface area contributed by atoms with Gasteiger partial charge in [0.1, 0.15) is 0 Å². The molecule has 0 fully saturated rings. The van der Waals surface area contributed by atoms with Crippen LogP contribution in [0.5, 0.6) is 0 Å². The summed E-state index contributed by atoms with van der Waals surface area (Å²) in [6.45, 7) is 0. The molecule has 2 bridgehead atoms. The van der Waals surface area contributed by atoms with Crippen LogP contribution in [0, 0.1) is 0 Å². The molecule has 0 atom stereocenters. The molecule has 40 valence electrons. The summed E-state index contributed by atoms with van der Waals surface area (Å²) in [7, 11) is 0. The molecule has 1 aromatic rings. The Kier molecular flexibility index (Phi) is 0.619. The molecular weight excluding hydrogens is 122 g/mol. The van der Waals surface area contributed by atoms with E-state index < -0.39 is 0 Å². The van der Waals surface area contributed by atoms with Crippen molar-refractivity contribution < 1.29 is 0 Å². The molecule has 0 radical (unpaired) electrons. The summed E-state index contributed by atoms with van der Waals surface area (Å²) in [6.07, 6.45) is 0. The number of nitrogens with one attached hydrogen (secondary N) is 1. The monoisotopic (exact) mass is 125 g/mol. The lowest BCUT2D eigenvalue weighted by Gasteiger charge is -2.19. The first-order chi connectivity index (χ1) is 3.88. The molecule has 0 aliphatic carbocycles. The van der Waals surface area contributed by atoms with Gasteiger partial charge in [-0.05, 0) is 12.1 Å². The molecule has 1 aromatic carbocycles. The third-order valence-corrected chi connectivity index (χ3v) is 1.68. The van der Waals surface area contributed by atoms with Gasteiger partial charge in [-0.2, -0.15) is 0 Å². The molecule has 1 N–H and O–H groups in total. The number of rotatable bonds is 0. The Labute approximate surface area is 52.3 Å². The first-order valence-electron chi connectivity index (χ1n) is 2.43. The molecule has 2 heteroatoms. The van der Waals surface area contributed by atoms with E-state index in [-0.39, 0.29) is 0 Å². The maximum Gasteiger partial charge on any atom is 0.0875 e. The minimum absolute atomic E-state index is 0.868. The third kappa shape index (κ3) is 0.329. The molecule has 0 aromatic heterocycles. The van der Waals surface area contributed by atoms with Gasteiger partial charge in [-0.15, -0.1) is 0 Å². The lowest BCUT2D eigenvalue weighted by Crippen LogP contribution is -2.01. The summed E-state index contributed by atoms with van der Waals surface area (Å²) < 4.78 is 0. The van der Waals surface area contributed by atoms with Crippen molar-refractivity contribution in [1.29, 1.82) is 0 Å². The summed E-state index contributed by atoms with van der Waals surface area (Å²) >= 11 is 5.71. The second-order valence-corrected chi connectivity index (χ2v) is 2.17. The van der Waals surface area contributed by atoms with Gasteiger partial charge in [0.25, 0.3) is 0 Å². The van der Waals surface area contributed by atoms with Crippen molar-refractivity contribution in [2.75, 3.05) is 5.32 Å². The van der Waals surface area contributed by atoms with Crippen LogP contribution >= 0.6 is 11.6 Å². The summed E-state index contributed by atoms with van der Waals surface area (Å²) in [4.78, 5) is 0. The number of hydrogen-bond acceptors (Lipinski definition) is 1. The number of hydrogen-bond donors (Lipinski definition) is 1. The Morgan fingerprint density at radius 2 is 1.88 bits per heavy atom. The van der Waals surface area contributed by atoms with E-state index in [2.05, 4.69) is 5.32 Å². The highest BCUT2D eigenvalue weighted by molar-refractivity contribution is 6.38. The highest BCUT2D eigenvalue weighted by atomic mass is 35.5. The van der Waals surface area contributed by atoms with Crippen molar-refractivity contribution in [3.63, 3.8) is 0 Å². The minimum Gasteiger partial charge on any atom is -0.353 e. The Morgan fingerprint density at radius 3 is 2.12 bits per heavy atom. The number of fused-ring (bicyclic) bond motifs is 2. The Hall–Kier alpha value is -0.690. The van der Waals surface area contributed by atoms with Crippen molar-refractivity contribution >= 4 is 23.0 Å². The van der Waals surface area contributed by atoms with Gasteiger partial charge in [0.05, 0.1) is 16.4 Å². The van der Waals surface area contributed by atoms with Crippen molar-refractivity contribution in [3.05, 3.63) is 23.2 Å². The van der Waals surface area contributed by atoms with Crippen LogP contribution in [0.1, 0.15) is 0 Å². The van der Waals surface area contributed by atoms with Crippen LogP contribution in [-0.4, -0.2) is 0 Å². The summed E-state index contributed by atoms with van der Waals surface area (Å²) in [5.41, 5.74) is 2.09. The lowest BCUT2D eigenvalue weighted by molar-refractivity contribution is 1.47. The van der Waals surface area contributed by atoms with Crippen molar-refractivity contribution in [1.82, 2.24) is 0 Å². The van der Waals surface area contributed by atoms with Crippen LogP contribution in [0.4, 0.5) is 11.4 Å². The smallest absolute Gasteiger partial charge is 0.0875 e. The van der Waals surface area contributed by atoms with Crippen LogP contribution in [0.2, 0.25) is 5.02 Å². The first-order valence-corrected chi connectivity index (χ1v) is 2.81. The molecule has 0 unspecified atom stereocenters. The third-order valence-electron chi connectivity index (χ3n) is 1.27. The Morgan fingerprint density at radius 1 is 1.25 bits per heavy atom. The zero-order valence-corrected chi connectivity index (χ0v) is 4.87. The number of halogens is 1. The highest BCUT2D eigenvalue weighted by Crippen LogP contribution is 2.40. The average molecular weight is 126 g/mol. The van der Waals surface area contributed by atoms with Gasteiger partial charge < -0.3 is 5.32 Å². The lowest BCUT2D eigenvalue weighted by atomic mass is 10.2. The summed E-state index contributed by atoms with van der Waals surface area (Å²) in [6, 6.07) is 5.89. The van der Waals surface area contributed by atoms with E-state index in [0.29, 0.717) is 0 Å². The van der Waals surface area contributed by atoms with E-state index in [0.717, 1.165) is 16.4 Å². The molecule has 8 heavy (non-hydrogen) atoms.